The minimum absolute atomic E-state index is 0.174. The van der Waals surface area contributed by atoms with Crippen molar-refractivity contribution in [2.24, 2.45) is 0 Å². The number of benzene rings is 3. The maximum Gasteiger partial charge on any atom is 0.254 e. The van der Waals surface area contributed by atoms with Crippen molar-refractivity contribution in [3.05, 3.63) is 99.7 Å². The summed E-state index contributed by atoms with van der Waals surface area (Å²) in [6.07, 6.45) is 2.52. The van der Waals surface area contributed by atoms with Gasteiger partial charge in [-0.3, -0.25) is 4.79 Å². The molecule has 3 aromatic carbocycles. The molecule has 0 aliphatic carbocycles. The Morgan fingerprint density at radius 3 is 2.62 bits per heavy atom. The molecule has 32 heavy (non-hydrogen) atoms. The van der Waals surface area contributed by atoms with Crippen molar-refractivity contribution in [1.29, 1.82) is 0 Å². The van der Waals surface area contributed by atoms with Crippen LogP contribution in [0.5, 0.6) is 5.75 Å². The van der Waals surface area contributed by atoms with E-state index in [1.54, 1.807) is 35.4 Å². The van der Waals surface area contributed by atoms with Crippen LogP contribution in [0.15, 0.2) is 60.8 Å². The standard InChI is InChI=1S/C25H19ClF2N2O2/c26-22-11-20(28)3-1-17(22)13-30(14-18-12-29-23-5-4-19(27)10-21(18)23)25(31)16-2-6-24-15(9-16)7-8-32-24/h1-6,9-12,29H,7-8,13-14H2. The minimum atomic E-state index is -0.442. The number of hydrogen-bond donors (Lipinski definition) is 1. The Labute approximate surface area is 188 Å². The molecule has 7 heteroatoms. The van der Waals surface area contributed by atoms with Gasteiger partial charge in [0.05, 0.1) is 6.61 Å². The van der Waals surface area contributed by atoms with Gasteiger partial charge in [-0.25, -0.2) is 8.78 Å². The van der Waals surface area contributed by atoms with E-state index in [1.807, 2.05) is 6.07 Å². The third-order valence-corrected chi connectivity index (χ3v) is 6.04. The van der Waals surface area contributed by atoms with Gasteiger partial charge >= 0.3 is 0 Å². The van der Waals surface area contributed by atoms with Gasteiger partial charge in [0, 0.05) is 47.2 Å². The number of nitrogens with one attached hydrogen (secondary N) is 1. The van der Waals surface area contributed by atoms with Crippen LogP contribution in [-0.2, 0) is 19.5 Å². The van der Waals surface area contributed by atoms with Gasteiger partial charge in [-0.05, 0) is 65.2 Å². The number of rotatable bonds is 5. The topological polar surface area (TPSA) is 45.3 Å². The lowest BCUT2D eigenvalue weighted by molar-refractivity contribution is 0.0730. The molecule has 4 nitrogen and oxygen atoms in total. The number of aromatic amines is 1. The van der Waals surface area contributed by atoms with Crippen LogP contribution in [0.4, 0.5) is 8.78 Å². The lowest BCUT2D eigenvalue weighted by Gasteiger charge is -2.24. The predicted molar refractivity (Wildman–Crippen MR) is 119 cm³/mol. The molecule has 0 fully saturated rings. The summed E-state index contributed by atoms with van der Waals surface area (Å²) >= 11 is 6.25. The number of nitrogens with zero attached hydrogens (tertiary/aromatic N) is 1. The summed E-state index contributed by atoms with van der Waals surface area (Å²) in [5.74, 6) is -0.202. The molecule has 2 heterocycles. The lowest BCUT2D eigenvalue weighted by Crippen LogP contribution is -2.30. The number of carbonyl (C=O) groups is 1. The van der Waals surface area contributed by atoms with Gasteiger partial charge in [-0.2, -0.15) is 0 Å². The Morgan fingerprint density at radius 2 is 1.78 bits per heavy atom. The number of H-pyrrole nitrogens is 1. The number of fused-ring (bicyclic) bond motifs is 2. The SMILES string of the molecule is O=C(c1ccc2c(c1)CCO2)N(Cc1ccc(F)cc1Cl)Cc1c[nH]c2ccc(F)cc12. The first-order valence-corrected chi connectivity index (χ1v) is 10.6. The first-order chi connectivity index (χ1) is 15.5. The van der Waals surface area contributed by atoms with Gasteiger partial charge < -0.3 is 14.6 Å². The Kier molecular flexibility index (Phi) is 5.31. The van der Waals surface area contributed by atoms with Crippen molar-refractivity contribution in [1.82, 2.24) is 9.88 Å². The van der Waals surface area contributed by atoms with Crippen molar-refractivity contribution in [3.63, 3.8) is 0 Å². The Hall–Kier alpha value is -3.38. The van der Waals surface area contributed by atoms with Crippen LogP contribution in [0.3, 0.4) is 0 Å². The second kappa shape index (κ2) is 8.28. The molecule has 1 amide bonds. The van der Waals surface area contributed by atoms with E-state index in [0.29, 0.717) is 23.1 Å². The van der Waals surface area contributed by atoms with Gasteiger partial charge in [0.15, 0.2) is 0 Å². The largest absolute Gasteiger partial charge is 0.493 e. The van der Waals surface area contributed by atoms with Crippen LogP contribution in [0.25, 0.3) is 10.9 Å². The summed E-state index contributed by atoms with van der Waals surface area (Å²) in [5.41, 5.74) is 3.69. The summed E-state index contributed by atoms with van der Waals surface area (Å²) in [4.78, 5) is 18.3. The summed E-state index contributed by atoms with van der Waals surface area (Å²) in [5, 5.41) is 0.950. The highest BCUT2D eigenvalue weighted by Gasteiger charge is 2.22. The summed E-state index contributed by atoms with van der Waals surface area (Å²) in [7, 11) is 0. The second-order valence-corrected chi connectivity index (χ2v) is 8.23. The van der Waals surface area contributed by atoms with E-state index in [4.69, 9.17) is 16.3 Å². The zero-order valence-electron chi connectivity index (χ0n) is 17.0. The molecule has 0 radical (unpaired) electrons. The molecule has 1 N–H and O–H groups in total. The van der Waals surface area contributed by atoms with E-state index in [1.165, 1.54) is 24.3 Å². The zero-order chi connectivity index (χ0) is 22.2. The van der Waals surface area contributed by atoms with Gasteiger partial charge in [-0.15, -0.1) is 0 Å². The highest BCUT2D eigenvalue weighted by Crippen LogP contribution is 2.28. The molecular weight excluding hydrogens is 434 g/mol. The molecule has 4 aromatic rings. The second-order valence-electron chi connectivity index (χ2n) is 7.82. The molecule has 1 aromatic heterocycles. The van der Waals surface area contributed by atoms with E-state index in [0.717, 1.165) is 28.8 Å². The maximum atomic E-state index is 13.9. The maximum absolute atomic E-state index is 13.9. The predicted octanol–water partition coefficient (Wildman–Crippen LogP) is 5.88. The van der Waals surface area contributed by atoms with Crippen molar-refractivity contribution < 1.29 is 18.3 Å². The monoisotopic (exact) mass is 452 g/mol. The first-order valence-electron chi connectivity index (χ1n) is 10.2. The molecule has 0 saturated heterocycles. The number of amides is 1. The van der Waals surface area contributed by atoms with E-state index in [-0.39, 0.29) is 29.8 Å². The van der Waals surface area contributed by atoms with Crippen LogP contribution in [0.2, 0.25) is 5.02 Å². The zero-order valence-corrected chi connectivity index (χ0v) is 17.8. The number of ether oxygens (including phenoxy) is 1. The fraction of sp³-hybridized carbons (Fsp3) is 0.160. The Bertz CT molecular complexity index is 1340. The van der Waals surface area contributed by atoms with E-state index in [2.05, 4.69) is 4.98 Å². The molecule has 0 atom stereocenters. The average molecular weight is 453 g/mol. The molecule has 0 bridgehead atoms. The van der Waals surface area contributed by atoms with Crippen molar-refractivity contribution in [2.45, 2.75) is 19.5 Å². The fourth-order valence-electron chi connectivity index (χ4n) is 4.04. The van der Waals surface area contributed by atoms with Gasteiger partial charge in [0.25, 0.3) is 5.91 Å². The number of carbonyl (C=O) groups excluding carboxylic acids is 1. The summed E-state index contributed by atoms with van der Waals surface area (Å²) in [6, 6.07) is 14.0. The van der Waals surface area contributed by atoms with E-state index < -0.39 is 5.82 Å². The molecule has 0 saturated carbocycles. The normalized spacial score (nSPS) is 12.6. The Balaban J connectivity index is 1.51. The number of halogens is 3. The van der Waals surface area contributed by atoms with Crippen molar-refractivity contribution >= 4 is 28.4 Å². The van der Waals surface area contributed by atoms with Gasteiger partial charge in [0.2, 0.25) is 0 Å². The van der Waals surface area contributed by atoms with E-state index >= 15 is 0 Å². The Morgan fingerprint density at radius 1 is 1.00 bits per heavy atom. The number of hydrogen-bond acceptors (Lipinski definition) is 2. The molecule has 1 aliphatic rings. The number of aromatic nitrogens is 1. The van der Waals surface area contributed by atoms with Crippen LogP contribution < -0.4 is 4.74 Å². The van der Waals surface area contributed by atoms with Crippen LogP contribution in [0.1, 0.15) is 27.0 Å². The van der Waals surface area contributed by atoms with Crippen LogP contribution in [0, 0.1) is 11.6 Å². The molecule has 5 rings (SSSR count). The molecule has 162 valence electrons. The molecule has 1 aliphatic heterocycles. The third kappa shape index (κ3) is 3.94. The minimum Gasteiger partial charge on any atom is -0.493 e. The van der Waals surface area contributed by atoms with E-state index in [9.17, 15) is 13.6 Å². The highest BCUT2D eigenvalue weighted by atomic mass is 35.5. The molecular formula is C25H19ClF2N2O2. The van der Waals surface area contributed by atoms with Crippen molar-refractivity contribution in [2.75, 3.05) is 6.61 Å². The van der Waals surface area contributed by atoms with Gasteiger partial charge in [0.1, 0.15) is 17.4 Å². The lowest BCUT2D eigenvalue weighted by atomic mass is 10.1. The first kappa shape index (κ1) is 20.5. The van der Waals surface area contributed by atoms with Crippen LogP contribution >= 0.6 is 11.6 Å². The quantitative estimate of drug-likeness (QED) is 0.411. The highest BCUT2D eigenvalue weighted by molar-refractivity contribution is 6.31. The summed E-state index contributed by atoms with van der Waals surface area (Å²) < 4.78 is 32.9. The van der Waals surface area contributed by atoms with Gasteiger partial charge in [-0.1, -0.05) is 17.7 Å². The molecule has 0 unspecified atom stereocenters. The smallest absolute Gasteiger partial charge is 0.254 e. The summed E-state index contributed by atoms with van der Waals surface area (Å²) in [6.45, 7) is 1.000. The third-order valence-electron chi connectivity index (χ3n) is 5.69. The fourth-order valence-corrected chi connectivity index (χ4v) is 4.27. The van der Waals surface area contributed by atoms with Crippen molar-refractivity contribution in [3.8, 4) is 5.75 Å². The average Bonchev–Trinajstić information content (AvgIpc) is 3.40. The van der Waals surface area contributed by atoms with Crippen LogP contribution in [-0.4, -0.2) is 22.4 Å². The molecule has 0 spiro atoms.